The molecule has 1 saturated heterocycles. The van der Waals surface area contributed by atoms with Crippen LogP contribution in [0.3, 0.4) is 0 Å². The fourth-order valence-electron chi connectivity index (χ4n) is 3.04. The van der Waals surface area contributed by atoms with Crippen LogP contribution >= 0.6 is 0 Å². The highest BCUT2D eigenvalue weighted by Gasteiger charge is 2.40. The van der Waals surface area contributed by atoms with Gasteiger partial charge in [0.05, 0.1) is 6.61 Å². The van der Waals surface area contributed by atoms with Crippen LogP contribution in [-0.2, 0) is 0 Å². The van der Waals surface area contributed by atoms with Crippen LogP contribution in [0.15, 0.2) is 0 Å². The Labute approximate surface area is 92.6 Å². The summed E-state index contributed by atoms with van der Waals surface area (Å²) >= 11 is 0. The molecular formula is C12H24N2O. The lowest BCUT2D eigenvalue weighted by molar-refractivity contribution is 0.0916. The zero-order chi connectivity index (χ0) is 11.0. The number of aliphatic hydroxyl groups excluding tert-OH is 1. The molecule has 1 heterocycles. The monoisotopic (exact) mass is 212 g/mol. The van der Waals surface area contributed by atoms with Crippen molar-refractivity contribution >= 4 is 0 Å². The normalized spacial score (nSPS) is 36.8. The van der Waals surface area contributed by atoms with E-state index in [0.717, 1.165) is 12.5 Å². The SMILES string of the molecule is CC1CC(C)N(C(CO)C(N)C2CC2)C1. The second-order valence-electron chi connectivity index (χ2n) is 5.55. The van der Waals surface area contributed by atoms with Crippen molar-refractivity contribution in [3.8, 4) is 0 Å². The van der Waals surface area contributed by atoms with Gasteiger partial charge in [0.15, 0.2) is 0 Å². The number of aliphatic hydroxyl groups is 1. The van der Waals surface area contributed by atoms with Gasteiger partial charge in [-0.15, -0.1) is 0 Å². The zero-order valence-corrected chi connectivity index (χ0v) is 9.89. The van der Waals surface area contributed by atoms with Crippen LogP contribution in [-0.4, -0.2) is 41.3 Å². The maximum absolute atomic E-state index is 9.52. The largest absolute Gasteiger partial charge is 0.395 e. The van der Waals surface area contributed by atoms with E-state index in [1.54, 1.807) is 0 Å². The van der Waals surface area contributed by atoms with Crippen LogP contribution in [0.25, 0.3) is 0 Å². The molecule has 88 valence electrons. The van der Waals surface area contributed by atoms with Crippen molar-refractivity contribution in [3.63, 3.8) is 0 Å². The van der Waals surface area contributed by atoms with Crippen molar-refractivity contribution < 1.29 is 5.11 Å². The molecule has 0 amide bonds. The number of rotatable bonds is 4. The minimum Gasteiger partial charge on any atom is -0.395 e. The number of hydrogen-bond donors (Lipinski definition) is 2. The van der Waals surface area contributed by atoms with Crippen molar-refractivity contribution in [2.75, 3.05) is 13.2 Å². The zero-order valence-electron chi connectivity index (χ0n) is 9.89. The Balaban J connectivity index is 1.98. The first-order valence-electron chi connectivity index (χ1n) is 6.25. The summed E-state index contributed by atoms with van der Waals surface area (Å²) in [6.07, 6.45) is 3.76. The van der Waals surface area contributed by atoms with E-state index in [0.29, 0.717) is 12.0 Å². The molecule has 15 heavy (non-hydrogen) atoms. The van der Waals surface area contributed by atoms with Gasteiger partial charge >= 0.3 is 0 Å². The fraction of sp³-hybridized carbons (Fsp3) is 1.00. The Kier molecular flexibility index (Phi) is 3.33. The molecule has 0 aromatic rings. The third kappa shape index (κ3) is 2.35. The molecule has 4 unspecified atom stereocenters. The molecule has 0 aromatic carbocycles. The molecule has 2 fully saturated rings. The number of hydrogen-bond acceptors (Lipinski definition) is 3. The van der Waals surface area contributed by atoms with Crippen LogP contribution in [0.5, 0.6) is 0 Å². The number of nitrogens with two attached hydrogens (primary N) is 1. The Morgan fingerprint density at radius 2 is 2.07 bits per heavy atom. The summed E-state index contributed by atoms with van der Waals surface area (Å²) in [5.74, 6) is 1.42. The summed E-state index contributed by atoms with van der Waals surface area (Å²) in [6.45, 7) is 5.86. The van der Waals surface area contributed by atoms with Crippen LogP contribution in [0.4, 0.5) is 0 Å². The summed E-state index contributed by atoms with van der Waals surface area (Å²) in [4.78, 5) is 2.42. The molecule has 0 bridgehead atoms. The Bertz CT molecular complexity index is 218. The van der Waals surface area contributed by atoms with Gasteiger partial charge in [0.1, 0.15) is 0 Å². The van der Waals surface area contributed by atoms with Crippen LogP contribution in [0.2, 0.25) is 0 Å². The first kappa shape index (κ1) is 11.4. The van der Waals surface area contributed by atoms with Crippen LogP contribution in [0, 0.1) is 11.8 Å². The molecule has 0 spiro atoms. The van der Waals surface area contributed by atoms with Gasteiger partial charge in [-0.3, -0.25) is 4.90 Å². The minimum atomic E-state index is 0.183. The summed E-state index contributed by atoms with van der Waals surface area (Å²) in [7, 11) is 0. The lowest BCUT2D eigenvalue weighted by Gasteiger charge is -2.34. The summed E-state index contributed by atoms with van der Waals surface area (Å²) in [5.41, 5.74) is 6.22. The predicted octanol–water partition coefficient (Wildman–Crippen LogP) is 0.815. The van der Waals surface area contributed by atoms with Gasteiger partial charge in [0, 0.05) is 24.7 Å². The van der Waals surface area contributed by atoms with Gasteiger partial charge in [-0.2, -0.15) is 0 Å². The highest BCUT2D eigenvalue weighted by atomic mass is 16.3. The standard InChI is InChI=1S/C12H24N2O/c1-8-5-9(2)14(6-8)11(7-15)12(13)10-3-4-10/h8-12,15H,3-7,13H2,1-2H3. The molecular weight excluding hydrogens is 188 g/mol. The summed E-state index contributed by atoms with van der Waals surface area (Å²) < 4.78 is 0. The summed E-state index contributed by atoms with van der Waals surface area (Å²) in [5, 5.41) is 9.52. The van der Waals surface area contributed by atoms with E-state index in [1.165, 1.54) is 19.3 Å². The van der Waals surface area contributed by atoms with Crippen molar-refractivity contribution in [2.45, 2.75) is 51.2 Å². The van der Waals surface area contributed by atoms with E-state index in [1.807, 2.05) is 0 Å². The van der Waals surface area contributed by atoms with Crippen LogP contribution in [0.1, 0.15) is 33.1 Å². The second kappa shape index (κ2) is 4.40. The molecule has 3 nitrogen and oxygen atoms in total. The molecule has 1 aliphatic carbocycles. The molecule has 2 aliphatic rings. The Morgan fingerprint density at radius 3 is 2.47 bits per heavy atom. The third-order valence-corrected chi connectivity index (χ3v) is 4.06. The maximum atomic E-state index is 9.52. The fourth-order valence-corrected chi connectivity index (χ4v) is 3.04. The van der Waals surface area contributed by atoms with Crippen LogP contribution < -0.4 is 5.73 Å². The molecule has 4 atom stereocenters. The second-order valence-corrected chi connectivity index (χ2v) is 5.55. The molecule has 2 rings (SSSR count). The highest BCUT2D eigenvalue weighted by molar-refractivity contribution is 4.96. The molecule has 0 radical (unpaired) electrons. The summed E-state index contributed by atoms with van der Waals surface area (Å²) in [6, 6.07) is 0.960. The van der Waals surface area contributed by atoms with E-state index < -0.39 is 0 Å². The van der Waals surface area contributed by atoms with E-state index in [-0.39, 0.29) is 18.7 Å². The highest BCUT2D eigenvalue weighted by Crippen LogP contribution is 2.36. The minimum absolute atomic E-state index is 0.183. The third-order valence-electron chi connectivity index (χ3n) is 4.06. The van der Waals surface area contributed by atoms with Gasteiger partial charge in [0.25, 0.3) is 0 Å². The van der Waals surface area contributed by atoms with E-state index in [9.17, 15) is 5.11 Å². The van der Waals surface area contributed by atoms with Gasteiger partial charge in [-0.25, -0.2) is 0 Å². The molecule has 3 N–H and O–H groups in total. The Morgan fingerprint density at radius 1 is 1.40 bits per heavy atom. The number of likely N-dealkylation sites (tertiary alicyclic amines) is 1. The van der Waals surface area contributed by atoms with E-state index in [2.05, 4.69) is 18.7 Å². The smallest absolute Gasteiger partial charge is 0.0602 e. The molecule has 0 aromatic heterocycles. The molecule has 1 saturated carbocycles. The van der Waals surface area contributed by atoms with Gasteiger partial charge in [-0.1, -0.05) is 6.92 Å². The topological polar surface area (TPSA) is 49.5 Å². The Hall–Kier alpha value is -0.120. The average molecular weight is 212 g/mol. The first-order valence-corrected chi connectivity index (χ1v) is 6.25. The van der Waals surface area contributed by atoms with Gasteiger partial charge in [0.2, 0.25) is 0 Å². The van der Waals surface area contributed by atoms with Crippen molar-refractivity contribution in [3.05, 3.63) is 0 Å². The van der Waals surface area contributed by atoms with Crippen molar-refractivity contribution in [1.29, 1.82) is 0 Å². The predicted molar refractivity (Wildman–Crippen MR) is 61.5 cm³/mol. The molecule has 3 heteroatoms. The van der Waals surface area contributed by atoms with Gasteiger partial charge < -0.3 is 10.8 Å². The molecule has 1 aliphatic heterocycles. The maximum Gasteiger partial charge on any atom is 0.0602 e. The van der Waals surface area contributed by atoms with Crippen molar-refractivity contribution in [2.24, 2.45) is 17.6 Å². The lowest BCUT2D eigenvalue weighted by atomic mass is 10.0. The quantitative estimate of drug-likeness (QED) is 0.725. The van der Waals surface area contributed by atoms with Gasteiger partial charge in [-0.05, 0) is 38.0 Å². The first-order chi connectivity index (χ1) is 7.13. The average Bonchev–Trinajstić information content (AvgIpc) is 2.95. The van der Waals surface area contributed by atoms with Crippen molar-refractivity contribution in [1.82, 2.24) is 4.90 Å². The van der Waals surface area contributed by atoms with E-state index >= 15 is 0 Å². The number of nitrogens with zero attached hydrogens (tertiary/aromatic N) is 1. The lowest BCUT2D eigenvalue weighted by Crippen LogP contribution is -2.52. The van der Waals surface area contributed by atoms with E-state index in [4.69, 9.17) is 5.73 Å².